The maximum Gasteiger partial charge on any atom is 0.518 e. The molecule has 0 saturated carbocycles. The molecule has 8 heteroatoms. The standard InChI is InChI=1S/C18H26N3O4S/c1-3-4-5-6-10-23-17-16(19-26-20-17)14-8-7-9-21(2,11-14)12-15-13-24-18(22)25-15/h8,13H,3-7,9-12H2,1-2H3/q+1. The summed E-state index contributed by atoms with van der Waals surface area (Å²) in [6.07, 6.45) is 9.21. The van der Waals surface area contributed by atoms with E-state index in [0.29, 0.717) is 24.8 Å². The summed E-state index contributed by atoms with van der Waals surface area (Å²) in [4.78, 5) is 11.1. The molecule has 142 valence electrons. The molecule has 0 aliphatic carbocycles. The van der Waals surface area contributed by atoms with Crippen molar-refractivity contribution in [2.75, 3.05) is 26.7 Å². The minimum Gasteiger partial charge on any atom is -0.475 e. The molecule has 26 heavy (non-hydrogen) atoms. The van der Waals surface area contributed by atoms with Gasteiger partial charge in [-0.05, 0) is 6.42 Å². The van der Waals surface area contributed by atoms with Crippen LogP contribution in [0.25, 0.3) is 5.57 Å². The summed E-state index contributed by atoms with van der Waals surface area (Å²) in [5.74, 6) is 0.561. The van der Waals surface area contributed by atoms with Gasteiger partial charge in [0, 0.05) is 12.0 Å². The summed E-state index contributed by atoms with van der Waals surface area (Å²) < 4.78 is 25.2. The van der Waals surface area contributed by atoms with Crippen LogP contribution < -0.4 is 10.6 Å². The van der Waals surface area contributed by atoms with Crippen molar-refractivity contribution in [3.8, 4) is 5.88 Å². The van der Waals surface area contributed by atoms with Crippen LogP contribution in [-0.4, -0.2) is 40.0 Å². The fraction of sp³-hybridized carbons (Fsp3) is 0.611. The van der Waals surface area contributed by atoms with Gasteiger partial charge < -0.3 is 18.1 Å². The van der Waals surface area contributed by atoms with E-state index in [0.717, 1.165) is 41.7 Å². The molecule has 1 unspecified atom stereocenters. The third kappa shape index (κ3) is 4.82. The first kappa shape index (κ1) is 18.8. The molecule has 1 atom stereocenters. The maximum atomic E-state index is 11.1. The van der Waals surface area contributed by atoms with E-state index in [4.69, 9.17) is 13.6 Å². The molecular weight excluding hydrogens is 354 g/mol. The summed E-state index contributed by atoms with van der Waals surface area (Å²) in [6.45, 7) is 5.23. The van der Waals surface area contributed by atoms with Gasteiger partial charge in [0.25, 0.3) is 5.88 Å². The number of hydrogen-bond donors (Lipinski definition) is 0. The molecule has 0 bridgehead atoms. The Morgan fingerprint density at radius 3 is 2.96 bits per heavy atom. The van der Waals surface area contributed by atoms with Crippen LogP contribution in [0.2, 0.25) is 0 Å². The Bertz CT molecular complexity index is 794. The van der Waals surface area contributed by atoms with Crippen molar-refractivity contribution in [3.05, 3.63) is 34.4 Å². The number of unbranched alkanes of at least 4 members (excludes halogenated alkanes) is 3. The first-order valence-corrected chi connectivity index (χ1v) is 9.88. The fourth-order valence-electron chi connectivity index (χ4n) is 3.30. The monoisotopic (exact) mass is 380 g/mol. The molecule has 1 aliphatic heterocycles. The topological polar surface area (TPSA) is 78.4 Å². The number of nitrogens with zero attached hydrogens (tertiary/aromatic N) is 3. The van der Waals surface area contributed by atoms with E-state index in [9.17, 15) is 4.79 Å². The summed E-state index contributed by atoms with van der Waals surface area (Å²) in [5, 5.41) is 0. The number of likely N-dealkylation sites (N-methyl/N-ethyl adjacent to an activating group) is 1. The molecular formula is C18H26N3O4S+. The van der Waals surface area contributed by atoms with Gasteiger partial charge in [-0.3, -0.25) is 0 Å². The number of hydrogen-bond acceptors (Lipinski definition) is 7. The van der Waals surface area contributed by atoms with Gasteiger partial charge in [-0.25, -0.2) is 4.79 Å². The van der Waals surface area contributed by atoms with Gasteiger partial charge in [0.15, 0.2) is 0 Å². The van der Waals surface area contributed by atoms with Crippen LogP contribution in [-0.2, 0) is 6.54 Å². The van der Waals surface area contributed by atoms with E-state index in [1.165, 1.54) is 37.3 Å². The SMILES string of the molecule is CCCCCCOc1nsnc1C1=CCC[N+](C)(Cc2coc(=O)o2)C1. The zero-order valence-electron chi connectivity index (χ0n) is 15.4. The predicted octanol–water partition coefficient (Wildman–Crippen LogP) is 3.48. The molecule has 3 heterocycles. The van der Waals surface area contributed by atoms with E-state index in [2.05, 4.69) is 28.8 Å². The van der Waals surface area contributed by atoms with Crippen molar-refractivity contribution < 1.29 is 18.1 Å². The number of rotatable bonds is 9. The highest BCUT2D eigenvalue weighted by molar-refractivity contribution is 6.99. The summed E-state index contributed by atoms with van der Waals surface area (Å²) in [5.41, 5.74) is 1.99. The average molecular weight is 380 g/mol. The van der Waals surface area contributed by atoms with Crippen LogP contribution in [0, 0.1) is 0 Å². The lowest BCUT2D eigenvalue weighted by atomic mass is 10.0. The van der Waals surface area contributed by atoms with Crippen molar-refractivity contribution >= 4 is 17.3 Å². The second kappa shape index (κ2) is 8.64. The zero-order chi connectivity index (χ0) is 18.4. The Labute approximate surface area is 157 Å². The van der Waals surface area contributed by atoms with Crippen LogP contribution in [0.15, 0.2) is 26.0 Å². The van der Waals surface area contributed by atoms with Crippen molar-refractivity contribution in [2.45, 2.75) is 45.6 Å². The highest BCUT2D eigenvalue weighted by Gasteiger charge is 2.31. The van der Waals surface area contributed by atoms with E-state index in [1.54, 1.807) is 0 Å². The fourth-order valence-corrected chi connectivity index (χ4v) is 3.83. The maximum absolute atomic E-state index is 11.1. The predicted molar refractivity (Wildman–Crippen MR) is 99.0 cm³/mol. The summed E-state index contributed by atoms with van der Waals surface area (Å²) in [6, 6.07) is 0. The molecule has 2 aromatic heterocycles. The third-order valence-corrected chi connectivity index (χ3v) is 5.16. The van der Waals surface area contributed by atoms with Gasteiger partial charge in [0.05, 0.1) is 31.9 Å². The van der Waals surface area contributed by atoms with Crippen molar-refractivity contribution in [1.29, 1.82) is 0 Å². The molecule has 0 radical (unpaired) electrons. The molecule has 0 amide bonds. The molecule has 0 saturated heterocycles. The molecule has 0 aromatic carbocycles. The van der Waals surface area contributed by atoms with E-state index >= 15 is 0 Å². The average Bonchev–Trinajstić information content (AvgIpc) is 3.23. The Balaban J connectivity index is 1.63. The van der Waals surface area contributed by atoms with Crippen molar-refractivity contribution in [3.63, 3.8) is 0 Å². The molecule has 3 rings (SSSR count). The van der Waals surface area contributed by atoms with Gasteiger partial charge >= 0.3 is 5.82 Å². The van der Waals surface area contributed by atoms with Crippen LogP contribution >= 0.6 is 11.7 Å². The van der Waals surface area contributed by atoms with Crippen LogP contribution in [0.5, 0.6) is 5.88 Å². The first-order valence-electron chi connectivity index (χ1n) is 9.15. The minimum atomic E-state index is -0.651. The van der Waals surface area contributed by atoms with Gasteiger partial charge in [0.1, 0.15) is 25.0 Å². The minimum absolute atomic E-state index is 0.572. The Morgan fingerprint density at radius 2 is 2.19 bits per heavy atom. The van der Waals surface area contributed by atoms with Crippen molar-refractivity contribution in [1.82, 2.24) is 8.75 Å². The quantitative estimate of drug-likeness (QED) is 0.489. The summed E-state index contributed by atoms with van der Waals surface area (Å²) in [7, 11) is 2.14. The van der Waals surface area contributed by atoms with Gasteiger partial charge in [0.2, 0.25) is 5.76 Å². The van der Waals surface area contributed by atoms with Crippen LogP contribution in [0.3, 0.4) is 0 Å². The lowest BCUT2D eigenvalue weighted by Crippen LogP contribution is -2.46. The van der Waals surface area contributed by atoms with Crippen LogP contribution in [0.4, 0.5) is 0 Å². The molecule has 0 fully saturated rings. The molecule has 0 N–H and O–H groups in total. The Hall–Kier alpha value is -1.93. The first-order chi connectivity index (χ1) is 12.6. The molecule has 0 spiro atoms. The molecule has 7 nitrogen and oxygen atoms in total. The number of aromatic nitrogens is 2. The summed E-state index contributed by atoms with van der Waals surface area (Å²) >= 11 is 1.19. The zero-order valence-corrected chi connectivity index (χ0v) is 16.2. The normalized spacial score (nSPS) is 20.2. The van der Waals surface area contributed by atoms with Crippen LogP contribution in [0.1, 0.15) is 50.5 Å². The number of quaternary nitrogens is 1. The molecule has 2 aromatic rings. The second-order valence-corrected chi connectivity index (χ2v) is 7.59. The highest BCUT2D eigenvalue weighted by atomic mass is 32.1. The second-order valence-electron chi connectivity index (χ2n) is 7.06. The van der Waals surface area contributed by atoms with E-state index in [-0.39, 0.29) is 0 Å². The van der Waals surface area contributed by atoms with E-state index in [1.807, 2.05) is 0 Å². The third-order valence-electron chi connectivity index (χ3n) is 4.65. The lowest BCUT2D eigenvalue weighted by Gasteiger charge is -2.36. The van der Waals surface area contributed by atoms with Gasteiger partial charge in [-0.1, -0.05) is 32.3 Å². The largest absolute Gasteiger partial charge is 0.518 e. The smallest absolute Gasteiger partial charge is 0.475 e. The van der Waals surface area contributed by atoms with Gasteiger partial charge in [-0.15, -0.1) is 4.37 Å². The van der Waals surface area contributed by atoms with Gasteiger partial charge in [-0.2, -0.15) is 4.37 Å². The number of ether oxygens (including phenoxy) is 1. The molecule has 1 aliphatic rings. The highest BCUT2D eigenvalue weighted by Crippen LogP contribution is 2.31. The Kier molecular flexibility index (Phi) is 6.26. The van der Waals surface area contributed by atoms with Crippen molar-refractivity contribution in [2.24, 2.45) is 0 Å². The lowest BCUT2D eigenvalue weighted by molar-refractivity contribution is -0.917. The van der Waals surface area contributed by atoms with E-state index < -0.39 is 5.82 Å². The Morgan fingerprint density at radius 1 is 1.31 bits per heavy atom.